The minimum absolute atomic E-state index is 0.627. The lowest BCUT2D eigenvalue weighted by Crippen LogP contribution is -2.18. The number of nitrogens with two attached hydrogens (primary N) is 1. The van der Waals surface area contributed by atoms with Gasteiger partial charge in [-0.3, -0.25) is 0 Å². The number of pyridine rings is 1. The first-order valence-electron chi connectivity index (χ1n) is 5.43. The van der Waals surface area contributed by atoms with Crippen molar-refractivity contribution < 1.29 is 0 Å². The average Bonchev–Trinajstić information content (AvgIpc) is 2.32. The van der Waals surface area contributed by atoms with Crippen LogP contribution < -0.4 is 10.6 Å². The molecule has 5 heteroatoms. The third kappa shape index (κ3) is 3.15. The molecule has 2 rings (SSSR count). The van der Waals surface area contributed by atoms with Crippen molar-refractivity contribution in [1.82, 2.24) is 4.98 Å². The summed E-state index contributed by atoms with van der Waals surface area (Å²) in [6.45, 7) is 0.731. The zero-order valence-electron chi connectivity index (χ0n) is 9.90. The van der Waals surface area contributed by atoms with Crippen molar-refractivity contribution in [2.45, 2.75) is 6.54 Å². The quantitative estimate of drug-likeness (QED) is 0.874. The molecule has 94 valence electrons. The highest BCUT2D eigenvalue weighted by atomic mass is 79.9. The third-order valence-electron chi connectivity index (χ3n) is 2.55. The van der Waals surface area contributed by atoms with Crippen LogP contribution in [0.5, 0.6) is 0 Å². The standard InChI is InChI=1S/C13H13BrClN3/c1-18(8-9-2-4-11(16)5-3-9)13-12(15)6-10(14)7-17-13/h2-7H,8,16H2,1H3. The molecule has 0 saturated heterocycles. The number of anilines is 2. The summed E-state index contributed by atoms with van der Waals surface area (Å²) in [6.07, 6.45) is 1.74. The Kier molecular flexibility index (Phi) is 4.09. The SMILES string of the molecule is CN(Cc1ccc(N)cc1)c1ncc(Br)cc1Cl. The normalized spacial score (nSPS) is 10.4. The molecule has 1 aromatic heterocycles. The maximum atomic E-state index is 6.16. The highest BCUT2D eigenvalue weighted by Crippen LogP contribution is 2.26. The van der Waals surface area contributed by atoms with Gasteiger partial charge in [0.05, 0.1) is 5.02 Å². The monoisotopic (exact) mass is 325 g/mol. The van der Waals surface area contributed by atoms with Crippen LogP contribution in [0.4, 0.5) is 11.5 Å². The molecular weight excluding hydrogens is 314 g/mol. The second-order valence-corrected chi connectivity index (χ2v) is 5.38. The molecule has 0 radical (unpaired) electrons. The van der Waals surface area contributed by atoms with E-state index >= 15 is 0 Å². The number of hydrogen-bond donors (Lipinski definition) is 1. The highest BCUT2D eigenvalue weighted by Gasteiger charge is 2.08. The summed E-state index contributed by atoms with van der Waals surface area (Å²) in [4.78, 5) is 6.31. The summed E-state index contributed by atoms with van der Waals surface area (Å²) in [5, 5.41) is 0.627. The lowest BCUT2D eigenvalue weighted by molar-refractivity contribution is 0.898. The van der Waals surface area contributed by atoms with E-state index in [1.165, 1.54) is 0 Å². The molecule has 1 heterocycles. The van der Waals surface area contributed by atoms with E-state index in [1.54, 1.807) is 6.20 Å². The van der Waals surface area contributed by atoms with E-state index in [1.807, 2.05) is 42.3 Å². The van der Waals surface area contributed by atoms with E-state index in [0.717, 1.165) is 28.1 Å². The van der Waals surface area contributed by atoms with E-state index in [4.69, 9.17) is 17.3 Å². The van der Waals surface area contributed by atoms with Crippen LogP contribution in [0.25, 0.3) is 0 Å². The molecule has 2 N–H and O–H groups in total. The van der Waals surface area contributed by atoms with Gasteiger partial charge in [0.2, 0.25) is 0 Å². The Hall–Kier alpha value is -1.26. The number of nitrogen functional groups attached to an aromatic ring is 1. The molecule has 0 saturated carbocycles. The number of nitrogens with zero attached hydrogens (tertiary/aromatic N) is 2. The maximum absolute atomic E-state index is 6.16. The van der Waals surface area contributed by atoms with Crippen molar-refractivity contribution in [3.05, 3.63) is 51.6 Å². The summed E-state index contributed by atoms with van der Waals surface area (Å²) < 4.78 is 0.872. The molecule has 0 aliphatic heterocycles. The fraction of sp³-hybridized carbons (Fsp3) is 0.154. The zero-order chi connectivity index (χ0) is 13.1. The van der Waals surface area contributed by atoms with Crippen LogP contribution in [0.1, 0.15) is 5.56 Å². The summed E-state index contributed by atoms with van der Waals surface area (Å²) in [6, 6.07) is 9.61. The van der Waals surface area contributed by atoms with E-state index in [2.05, 4.69) is 20.9 Å². The van der Waals surface area contributed by atoms with Crippen LogP contribution >= 0.6 is 27.5 Å². The Balaban J connectivity index is 2.16. The topological polar surface area (TPSA) is 42.1 Å². The summed E-state index contributed by atoms with van der Waals surface area (Å²) in [7, 11) is 1.96. The number of aromatic nitrogens is 1. The molecule has 3 nitrogen and oxygen atoms in total. The number of benzene rings is 1. The van der Waals surface area contributed by atoms with Gasteiger partial charge in [-0.05, 0) is 39.7 Å². The van der Waals surface area contributed by atoms with Gasteiger partial charge in [-0.2, -0.15) is 0 Å². The predicted molar refractivity (Wildman–Crippen MR) is 79.9 cm³/mol. The smallest absolute Gasteiger partial charge is 0.147 e. The van der Waals surface area contributed by atoms with Gasteiger partial charge in [-0.1, -0.05) is 23.7 Å². The van der Waals surface area contributed by atoms with Crippen molar-refractivity contribution in [2.24, 2.45) is 0 Å². The van der Waals surface area contributed by atoms with E-state index in [9.17, 15) is 0 Å². The van der Waals surface area contributed by atoms with Crippen LogP contribution in [0, 0.1) is 0 Å². The Morgan fingerprint density at radius 3 is 2.61 bits per heavy atom. The number of hydrogen-bond acceptors (Lipinski definition) is 3. The van der Waals surface area contributed by atoms with Crippen LogP contribution in [-0.4, -0.2) is 12.0 Å². The first kappa shape index (κ1) is 13.2. The van der Waals surface area contributed by atoms with Crippen LogP contribution in [-0.2, 0) is 6.54 Å². The molecule has 0 bridgehead atoms. The molecule has 0 spiro atoms. The molecule has 0 aliphatic carbocycles. The molecule has 2 aromatic rings. The minimum atomic E-state index is 0.627. The van der Waals surface area contributed by atoms with Gasteiger partial charge in [-0.15, -0.1) is 0 Å². The third-order valence-corrected chi connectivity index (χ3v) is 3.26. The molecule has 0 fully saturated rings. The first-order chi connectivity index (χ1) is 8.56. The Labute approximate surface area is 120 Å². The van der Waals surface area contributed by atoms with E-state index in [-0.39, 0.29) is 0 Å². The van der Waals surface area contributed by atoms with Gasteiger partial charge < -0.3 is 10.6 Å². The maximum Gasteiger partial charge on any atom is 0.147 e. The van der Waals surface area contributed by atoms with Gasteiger partial charge in [0.25, 0.3) is 0 Å². The van der Waals surface area contributed by atoms with Gasteiger partial charge >= 0.3 is 0 Å². The Morgan fingerprint density at radius 1 is 1.33 bits per heavy atom. The number of halogens is 2. The lowest BCUT2D eigenvalue weighted by atomic mass is 10.2. The highest BCUT2D eigenvalue weighted by molar-refractivity contribution is 9.10. The van der Waals surface area contributed by atoms with E-state index in [0.29, 0.717) is 5.02 Å². The Morgan fingerprint density at radius 2 is 2.00 bits per heavy atom. The van der Waals surface area contributed by atoms with Crippen molar-refractivity contribution in [3.8, 4) is 0 Å². The number of rotatable bonds is 3. The van der Waals surface area contributed by atoms with Crippen LogP contribution in [0.3, 0.4) is 0 Å². The molecule has 0 atom stereocenters. The largest absolute Gasteiger partial charge is 0.399 e. The predicted octanol–water partition coefficient (Wildman–Crippen LogP) is 3.72. The molecule has 0 aliphatic rings. The second kappa shape index (κ2) is 5.59. The van der Waals surface area contributed by atoms with Crippen molar-refractivity contribution in [1.29, 1.82) is 0 Å². The summed E-state index contributed by atoms with van der Waals surface area (Å²) in [5.41, 5.74) is 7.58. The second-order valence-electron chi connectivity index (χ2n) is 4.06. The van der Waals surface area contributed by atoms with Crippen molar-refractivity contribution >= 4 is 39.0 Å². The van der Waals surface area contributed by atoms with Crippen LogP contribution in [0.15, 0.2) is 41.0 Å². The zero-order valence-corrected chi connectivity index (χ0v) is 12.2. The fourth-order valence-corrected chi connectivity index (χ4v) is 2.43. The molecule has 1 aromatic carbocycles. The van der Waals surface area contributed by atoms with Crippen molar-refractivity contribution in [2.75, 3.05) is 17.7 Å². The Bertz CT molecular complexity index is 542. The average molecular weight is 327 g/mol. The van der Waals surface area contributed by atoms with Crippen molar-refractivity contribution in [3.63, 3.8) is 0 Å². The lowest BCUT2D eigenvalue weighted by Gasteiger charge is -2.19. The molecule has 0 unspecified atom stereocenters. The van der Waals surface area contributed by atoms with Crippen LogP contribution in [0.2, 0.25) is 5.02 Å². The minimum Gasteiger partial charge on any atom is -0.399 e. The van der Waals surface area contributed by atoms with Gasteiger partial charge in [-0.25, -0.2) is 4.98 Å². The fourth-order valence-electron chi connectivity index (χ4n) is 1.66. The summed E-state index contributed by atoms with van der Waals surface area (Å²) >= 11 is 9.50. The van der Waals surface area contributed by atoms with Gasteiger partial charge in [0, 0.05) is 29.9 Å². The van der Waals surface area contributed by atoms with E-state index < -0.39 is 0 Å². The molecular formula is C13H13BrClN3. The van der Waals surface area contributed by atoms with Gasteiger partial charge in [0.15, 0.2) is 0 Å². The molecule has 0 amide bonds. The molecule has 18 heavy (non-hydrogen) atoms. The first-order valence-corrected chi connectivity index (χ1v) is 6.60. The van der Waals surface area contributed by atoms with Gasteiger partial charge in [0.1, 0.15) is 5.82 Å². The summed E-state index contributed by atoms with van der Waals surface area (Å²) in [5.74, 6) is 0.761.